The Morgan fingerprint density at radius 3 is 2.56 bits per heavy atom. The summed E-state index contributed by atoms with van der Waals surface area (Å²) in [5, 5.41) is 9.62. The molecule has 1 aromatic carbocycles. The molecule has 1 N–H and O–H groups in total. The number of halogens is 1. The van der Waals surface area contributed by atoms with Gasteiger partial charge in [0.25, 0.3) is 0 Å². The van der Waals surface area contributed by atoms with Gasteiger partial charge in [-0.15, -0.1) is 0 Å². The lowest BCUT2D eigenvalue weighted by Gasteiger charge is -2.16. The number of methoxy groups -OCH3 is 1. The zero-order valence-corrected chi connectivity index (χ0v) is 11.7. The SMILES string of the molecule is COc1ccc(CCCC(C)(C)O)c(Br)c1. The average Bonchev–Trinajstić information content (AvgIpc) is 2.18. The molecule has 3 heteroatoms. The molecular weight excluding hydrogens is 268 g/mol. The molecule has 90 valence electrons. The molecule has 0 saturated carbocycles. The molecule has 16 heavy (non-hydrogen) atoms. The largest absolute Gasteiger partial charge is 0.497 e. The highest BCUT2D eigenvalue weighted by Crippen LogP contribution is 2.25. The van der Waals surface area contributed by atoms with E-state index in [1.807, 2.05) is 26.0 Å². The first-order chi connectivity index (χ1) is 7.42. The summed E-state index contributed by atoms with van der Waals surface area (Å²) in [4.78, 5) is 0. The van der Waals surface area contributed by atoms with Crippen molar-refractivity contribution in [3.63, 3.8) is 0 Å². The first-order valence-electron chi connectivity index (χ1n) is 5.47. The first-order valence-corrected chi connectivity index (χ1v) is 6.26. The molecule has 0 aliphatic rings. The maximum atomic E-state index is 9.62. The van der Waals surface area contributed by atoms with Gasteiger partial charge < -0.3 is 9.84 Å². The summed E-state index contributed by atoms with van der Waals surface area (Å²) in [5.41, 5.74) is 0.684. The van der Waals surface area contributed by atoms with Gasteiger partial charge in [0.15, 0.2) is 0 Å². The van der Waals surface area contributed by atoms with Crippen LogP contribution in [0.1, 0.15) is 32.3 Å². The third kappa shape index (κ3) is 4.54. The Kier molecular flexibility index (Phi) is 4.81. The number of rotatable bonds is 5. The van der Waals surface area contributed by atoms with Crippen molar-refractivity contribution in [1.29, 1.82) is 0 Å². The number of benzene rings is 1. The minimum absolute atomic E-state index is 0.570. The molecule has 0 aliphatic carbocycles. The Morgan fingerprint density at radius 2 is 2.06 bits per heavy atom. The van der Waals surface area contributed by atoms with Gasteiger partial charge in [-0.1, -0.05) is 22.0 Å². The fourth-order valence-electron chi connectivity index (χ4n) is 1.57. The van der Waals surface area contributed by atoms with Gasteiger partial charge in [0.1, 0.15) is 5.75 Å². The highest BCUT2D eigenvalue weighted by Gasteiger charge is 2.12. The predicted octanol–water partition coefficient (Wildman–Crippen LogP) is 3.55. The summed E-state index contributed by atoms with van der Waals surface area (Å²) in [6.45, 7) is 3.69. The molecule has 0 spiro atoms. The number of ether oxygens (including phenoxy) is 1. The van der Waals surface area contributed by atoms with Crippen molar-refractivity contribution in [3.8, 4) is 5.75 Å². The summed E-state index contributed by atoms with van der Waals surface area (Å²) >= 11 is 3.53. The molecule has 2 nitrogen and oxygen atoms in total. The monoisotopic (exact) mass is 286 g/mol. The lowest BCUT2D eigenvalue weighted by atomic mass is 9.99. The number of hydrogen-bond acceptors (Lipinski definition) is 2. The number of aryl methyl sites for hydroxylation is 1. The topological polar surface area (TPSA) is 29.5 Å². The lowest BCUT2D eigenvalue weighted by molar-refractivity contribution is 0.0689. The molecule has 0 aliphatic heterocycles. The van der Waals surface area contributed by atoms with Gasteiger partial charge in [0.2, 0.25) is 0 Å². The summed E-state index contributed by atoms with van der Waals surface area (Å²) in [7, 11) is 1.66. The second kappa shape index (κ2) is 5.69. The van der Waals surface area contributed by atoms with Gasteiger partial charge in [-0.25, -0.2) is 0 Å². The second-order valence-corrected chi connectivity index (χ2v) is 5.48. The predicted molar refractivity (Wildman–Crippen MR) is 69.9 cm³/mol. The minimum atomic E-state index is -0.570. The van der Waals surface area contributed by atoms with Crippen LogP contribution >= 0.6 is 15.9 Å². The van der Waals surface area contributed by atoms with E-state index in [1.165, 1.54) is 5.56 Å². The Balaban J connectivity index is 2.55. The third-order valence-corrected chi connectivity index (χ3v) is 3.23. The molecule has 0 unspecified atom stereocenters. The standard InChI is InChI=1S/C13H19BrO2/c1-13(2,15)8-4-5-10-6-7-11(16-3)9-12(10)14/h6-7,9,15H,4-5,8H2,1-3H3. The van der Waals surface area contributed by atoms with E-state index >= 15 is 0 Å². The Labute approximate surface area is 106 Å². The van der Waals surface area contributed by atoms with Crippen molar-refractivity contribution >= 4 is 15.9 Å². The molecule has 1 aromatic rings. The second-order valence-electron chi connectivity index (χ2n) is 4.62. The van der Waals surface area contributed by atoms with Crippen LogP contribution in [0.15, 0.2) is 22.7 Å². The molecule has 0 amide bonds. The van der Waals surface area contributed by atoms with Crippen LogP contribution in [-0.4, -0.2) is 17.8 Å². The summed E-state index contributed by atoms with van der Waals surface area (Å²) in [6, 6.07) is 6.00. The molecular formula is C13H19BrO2. The number of aliphatic hydroxyl groups is 1. The molecule has 0 heterocycles. The van der Waals surface area contributed by atoms with Crippen molar-refractivity contribution in [2.45, 2.75) is 38.7 Å². The molecule has 0 radical (unpaired) electrons. The summed E-state index contributed by atoms with van der Waals surface area (Å²) in [5.74, 6) is 0.859. The molecule has 1 rings (SSSR count). The molecule has 0 bridgehead atoms. The quantitative estimate of drug-likeness (QED) is 0.897. The van der Waals surface area contributed by atoms with Crippen LogP contribution in [0.25, 0.3) is 0 Å². The van der Waals surface area contributed by atoms with Crippen molar-refractivity contribution in [3.05, 3.63) is 28.2 Å². The van der Waals surface area contributed by atoms with Gasteiger partial charge in [-0.05, 0) is 50.8 Å². The highest BCUT2D eigenvalue weighted by molar-refractivity contribution is 9.10. The van der Waals surface area contributed by atoms with Crippen LogP contribution < -0.4 is 4.74 Å². The van der Waals surface area contributed by atoms with Crippen LogP contribution in [0.3, 0.4) is 0 Å². The summed E-state index contributed by atoms with van der Waals surface area (Å²) < 4.78 is 6.21. The molecule has 0 fully saturated rings. The van der Waals surface area contributed by atoms with Crippen LogP contribution in [0.5, 0.6) is 5.75 Å². The van der Waals surface area contributed by atoms with E-state index in [4.69, 9.17) is 4.74 Å². The van der Waals surface area contributed by atoms with E-state index in [0.717, 1.165) is 29.5 Å². The van der Waals surface area contributed by atoms with Crippen LogP contribution in [0, 0.1) is 0 Å². The fraction of sp³-hybridized carbons (Fsp3) is 0.538. The van der Waals surface area contributed by atoms with Crippen molar-refractivity contribution in [1.82, 2.24) is 0 Å². The zero-order chi connectivity index (χ0) is 12.2. The molecule has 0 aromatic heterocycles. The smallest absolute Gasteiger partial charge is 0.120 e. The van der Waals surface area contributed by atoms with Gasteiger partial charge in [0, 0.05) is 4.47 Å². The first kappa shape index (κ1) is 13.5. The Morgan fingerprint density at radius 1 is 1.38 bits per heavy atom. The van der Waals surface area contributed by atoms with Gasteiger partial charge >= 0.3 is 0 Å². The van der Waals surface area contributed by atoms with Gasteiger partial charge in [-0.2, -0.15) is 0 Å². The highest BCUT2D eigenvalue weighted by atomic mass is 79.9. The van der Waals surface area contributed by atoms with E-state index in [2.05, 4.69) is 22.0 Å². The maximum Gasteiger partial charge on any atom is 0.120 e. The lowest BCUT2D eigenvalue weighted by Crippen LogP contribution is -2.18. The zero-order valence-electron chi connectivity index (χ0n) is 10.1. The van der Waals surface area contributed by atoms with Crippen LogP contribution in [-0.2, 0) is 6.42 Å². The Hall–Kier alpha value is -0.540. The Bertz CT molecular complexity index is 342. The van der Waals surface area contributed by atoms with E-state index in [0.29, 0.717) is 0 Å². The van der Waals surface area contributed by atoms with E-state index in [1.54, 1.807) is 7.11 Å². The van der Waals surface area contributed by atoms with Crippen molar-refractivity contribution in [2.24, 2.45) is 0 Å². The van der Waals surface area contributed by atoms with Crippen molar-refractivity contribution in [2.75, 3.05) is 7.11 Å². The normalized spacial score (nSPS) is 11.6. The number of hydrogen-bond donors (Lipinski definition) is 1. The van der Waals surface area contributed by atoms with Crippen LogP contribution in [0.4, 0.5) is 0 Å². The fourth-order valence-corrected chi connectivity index (χ4v) is 2.13. The third-order valence-electron chi connectivity index (χ3n) is 2.49. The van der Waals surface area contributed by atoms with E-state index < -0.39 is 5.60 Å². The summed E-state index contributed by atoms with van der Waals surface area (Å²) in [6.07, 6.45) is 2.76. The van der Waals surface area contributed by atoms with Gasteiger partial charge in [-0.3, -0.25) is 0 Å². The van der Waals surface area contributed by atoms with Crippen molar-refractivity contribution < 1.29 is 9.84 Å². The maximum absolute atomic E-state index is 9.62. The van der Waals surface area contributed by atoms with Gasteiger partial charge in [0.05, 0.1) is 12.7 Å². The van der Waals surface area contributed by atoms with E-state index in [-0.39, 0.29) is 0 Å². The molecule has 0 atom stereocenters. The molecule has 0 saturated heterocycles. The minimum Gasteiger partial charge on any atom is -0.497 e. The van der Waals surface area contributed by atoms with Crippen LogP contribution in [0.2, 0.25) is 0 Å². The van der Waals surface area contributed by atoms with E-state index in [9.17, 15) is 5.11 Å². The average molecular weight is 287 g/mol.